The highest BCUT2D eigenvalue weighted by molar-refractivity contribution is 6.26. The lowest BCUT2D eigenvalue weighted by molar-refractivity contribution is -0.117. The Kier molecular flexibility index (Phi) is 7.80. The maximum Gasteiger partial charge on any atom is 0.209 e. The van der Waals surface area contributed by atoms with Crippen molar-refractivity contribution in [1.82, 2.24) is 4.90 Å². The van der Waals surface area contributed by atoms with E-state index in [-0.39, 0.29) is 0 Å². The van der Waals surface area contributed by atoms with Crippen molar-refractivity contribution in [3.63, 3.8) is 0 Å². The predicted octanol–water partition coefficient (Wildman–Crippen LogP) is 5.06. The third kappa shape index (κ3) is 5.07. The summed E-state index contributed by atoms with van der Waals surface area (Å²) in [7, 11) is 1.80. The molecule has 0 unspecified atom stereocenters. The van der Waals surface area contributed by atoms with Gasteiger partial charge in [-0.2, -0.15) is 0 Å². The minimum absolute atomic E-state index is 0.572. The molecule has 1 aromatic rings. The molecule has 0 bridgehead atoms. The number of benzene rings is 1. The molecule has 0 saturated carbocycles. The summed E-state index contributed by atoms with van der Waals surface area (Å²) in [6.45, 7) is 6.64. The molecule has 0 aromatic heterocycles. The fourth-order valence-electron chi connectivity index (χ4n) is 3.25. The first-order valence-electron chi connectivity index (χ1n) is 9.35. The van der Waals surface area contributed by atoms with E-state index in [1.807, 2.05) is 19.1 Å². The Balaban J connectivity index is 2.01. The highest BCUT2D eigenvalue weighted by Crippen LogP contribution is 2.35. The highest BCUT2D eigenvalue weighted by atomic mass is 16.4. The molecule has 0 heterocycles. The fraction of sp³-hybridized carbons (Fsp3) is 0.304. The molecule has 0 atom stereocenters. The van der Waals surface area contributed by atoms with Crippen molar-refractivity contribution < 1.29 is 10.0 Å². The van der Waals surface area contributed by atoms with Gasteiger partial charge in [-0.25, -0.2) is 0 Å². The number of carbonyl (C=O) groups excluding carboxylic acids is 1. The van der Waals surface area contributed by atoms with Crippen molar-refractivity contribution in [2.75, 3.05) is 13.6 Å². The van der Waals surface area contributed by atoms with Crippen LogP contribution in [-0.4, -0.2) is 35.8 Å². The molecule has 1 N–H and O–H groups in total. The zero-order valence-corrected chi connectivity index (χ0v) is 16.2. The van der Waals surface area contributed by atoms with Gasteiger partial charge in [0.25, 0.3) is 0 Å². The molecule has 27 heavy (non-hydrogen) atoms. The van der Waals surface area contributed by atoms with Gasteiger partial charge in [-0.05, 0) is 49.0 Å². The van der Waals surface area contributed by atoms with Gasteiger partial charge >= 0.3 is 0 Å². The van der Waals surface area contributed by atoms with E-state index in [4.69, 9.17) is 0 Å². The second-order valence-corrected chi connectivity index (χ2v) is 6.62. The smallest absolute Gasteiger partial charge is 0.209 e. The normalized spacial score (nSPS) is 15.1. The highest BCUT2D eigenvalue weighted by Gasteiger charge is 2.25. The van der Waals surface area contributed by atoms with Crippen LogP contribution >= 0.6 is 0 Å². The van der Waals surface area contributed by atoms with Crippen LogP contribution in [0, 0.1) is 0 Å². The van der Waals surface area contributed by atoms with Crippen LogP contribution in [0.15, 0.2) is 59.8 Å². The Morgan fingerprint density at radius 2 is 1.96 bits per heavy atom. The molecule has 0 fully saturated rings. The molecule has 0 saturated heterocycles. The summed E-state index contributed by atoms with van der Waals surface area (Å²) < 4.78 is 0. The van der Waals surface area contributed by atoms with Crippen LogP contribution in [0.5, 0.6) is 0 Å². The van der Waals surface area contributed by atoms with E-state index >= 15 is 0 Å². The third-order valence-corrected chi connectivity index (χ3v) is 4.64. The van der Waals surface area contributed by atoms with E-state index in [0.29, 0.717) is 5.71 Å². The predicted molar refractivity (Wildman–Crippen MR) is 113 cm³/mol. The van der Waals surface area contributed by atoms with Crippen LogP contribution in [0.2, 0.25) is 0 Å². The quantitative estimate of drug-likeness (QED) is 0.273. The van der Waals surface area contributed by atoms with Gasteiger partial charge in [-0.1, -0.05) is 60.7 Å². The van der Waals surface area contributed by atoms with Gasteiger partial charge in [0.2, 0.25) is 6.41 Å². The summed E-state index contributed by atoms with van der Waals surface area (Å²) >= 11 is 0. The maximum atomic E-state index is 10.5. The third-order valence-electron chi connectivity index (χ3n) is 4.64. The van der Waals surface area contributed by atoms with E-state index in [0.717, 1.165) is 66.5 Å². The van der Waals surface area contributed by atoms with E-state index in [2.05, 4.69) is 42.1 Å². The molecular weight excluding hydrogens is 336 g/mol. The topological polar surface area (TPSA) is 52.9 Å². The van der Waals surface area contributed by atoms with Crippen molar-refractivity contribution in [2.45, 2.75) is 32.6 Å². The van der Waals surface area contributed by atoms with Gasteiger partial charge in [0, 0.05) is 24.7 Å². The van der Waals surface area contributed by atoms with Crippen LogP contribution in [-0.2, 0) is 4.79 Å². The standard InChI is InChI=1S/C23H28N2O2/c1-4-11-20-19(5-2)23(24-27)22-16-18(13-14-21(20)22)12-9-7-6-8-10-15-25(3)17-26/h4-5,9,11-14,16-17,27H,2,6-8,10,15H2,1,3H3/b11-4-,12-9+,24-23+. The summed E-state index contributed by atoms with van der Waals surface area (Å²) in [5, 5.41) is 13.0. The molecule has 1 aliphatic rings. The van der Waals surface area contributed by atoms with Gasteiger partial charge in [0.15, 0.2) is 0 Å². The second-order valence-electron chi connectivity index (χ2n) is 6.62. The average Bonchev–Trinajstić information content (AvgIpc) is 2.99. The zero-order chi connectivity index (χ0) is 19.6. The van der Waals surface area contributed by atoms with Crippen LogP contribution in [0.25, 0.3) is 11.6 Å². The van der Waals surface area contributed by atoms with Crippen LogP contribution in [0.3, 0.4) is 0 Å². The first kappa shape index (κ1) is 20.4. The summed E-state index contributed by atoms with van der Waals surface area (Å²) in [6.07, 6.45) is 15.1. The molecule has 0 radical (unpaired) electrons. The summed E-state index contributed by atoms with van der Waals surface area (Å²) in [5.74, 6) is 0. The average molecular weight is 364 g/mol. The Labute approximate surface area is 161 Å². The molecule has 2 rings (SSSR count). The van der Waals surface area contributed by atoms with E-state index < -0.39 is 0 Å². The first-order valence-corrected chi connectivity index (χ1v) is 9.35. The lowest BCUT2D eigenvalue weighted by Gasteiger charge is -2.08. The maximum absolute atomic E-state index is 10.5. The fourth-order valence-corrected chi connectivity index (χ4v) is 3.25. The Morgan fingerprint density at radius 1 is 1.15 bits per heavy atom. The number of carbonyl (C=O) groups is 1. The van der Waals surface area contributed by atoms with Gasteiger partial charge in [0.1, 0.15) is 5.71 Å². The van der Waals surface area contributed by atoms with E-state index in [9.17, 15) is 10.0 Å². The number of allylic oxidation sites excluding steroid dienone is 6. The Hall–Kier alpha value is -2.88. The molecular formula is C23H28N2O2. The minimum Gasteiger partial charge on any atom is -0.410 e. The van der Waals surface area contributed by atoms with Crippen molar-refractivity contribution in [2.24, 2.45) is 5.16 Å². The molecule has 4 nitrogen and oxygen atoms in total. The van der Waals surface area contributed by atoms with Gasteiger partial charge in [-0.3, -0.25) is 4.79 Å². The molecule has 1 aliphatic carbocycles. The van der Waals surface area contributed by atoms with Crippen molar-refractivity contribution >= 4 is 23.8 Å². The Bertz CT molecular complexity index is 801. The summed E-state index contributed by atoms with van der Waals surface area (Å²) in [4.78, 5) is 12.2. The molecule has 4 heteroatoms. The molecule has 142 valence electrons. The van der Waals surface area contributed by atoms with Gasteiger partial charge in [0.05, 0.1) is 0 Å². The van der Waals surface area contributed by atoms with E-state index in [1.165, 1.54) is 0 Å². The van der Waals surface area contributed by atoms with Crippen molar-refractivity contribution in [3.05, 3.63) is 71.3 Å². The van der Waals surface area contributed by atoms with Crippen LogP contribution in [0.1, 0.15) is 49.3 Å². The van der Waals surface area contributed by atoms with Crippen molar-refractivity contribution in [3.8, 4) is 0 Å². The monoisotopic (exact) mass is 364 g/mol. The first-order chi connectivity index (χ1) is 13.2. The number of amides is 1. The number of nitrogens with zero attached hydrogens (tertiary/aromatic N) is 2. The number of rotatable bonds is 10. The molecule has 0 aliphatic heterocycles. The number of oxime groups is 1. The lowest BCUT2D eigenvalue weighted by Crippen LogP contribution is -2.16. The SMILES string of the molecule is C=CC1=C(/C=C\C)c2ccc(/C=C/CCCCCN(C)C=O)cc2/C1=N/O. The summed E-state index contributed by atoms with van der Waals surface area (Å²) in [6, 6.07) is 6.21. The zero-order valence-electron chi connectivity index (χ0n) is 16.2. The number of hydrogen-bond acceptors (Lipinski definition) is 3. The minimum atomic E-state index is 0.572. The Morgan fingerprint density at radius 3 is 2.63 bits per heavy atom. The van der Waals surface area contributed by atoms with Gasteiger partial charge in [-0.15, -0.1) is 0 Å². The number of unbranched alkanes of at least 4 members (excludes halogenated alkanes) is 3. The number of fused-ring (bicyclic) bond motifs is 1. The van der Waals surface area contributed by atoms with E-state index in [1.54, 1.807) is 18.0 Å². The largest absolute Gasteiger partial charge is 0.410 e. The second kappa shape index (κ2) is 10.3. The van der Waals surface area contributed by atoms with Crippen LogP contribution < -0.4 is 0 Å². The van der Waals surface area contributed by atoms with Crippen LogP contribution in [0.4, 0.5) is 0 Å². The van der Waals surface area contributed by atoms with Gasteiger partial charge < -0.3 is 10.1 Å². The van der Waals surface area contributed by atoms with Crippen molar-refractivity contribution in [1.29, 1.82) is 0 Å². The summed E-state index contributed by atoms with van der Waals surface area (Å²) in [5.41, 5.74) is 5.54. The molecule has 1 amide bonds. The lowest BCUT2D eigenvalue weighted by atomic mass is 10.0. The number of hydrogen-bond donors (Lipinski definition) is 1. The molecule has 0 spiro atoms. The molecule has 1 aromatic carbocycles.